The minimum Gasteiger partial charge on any atom is -0.494 e. The lowest BCUT2D eigenvalue weighted by molar-refractivity contribution is -0.122. The van der Waals surface area contributed by atoms with Crippen LogP contribution in [0.15, 0.2) is 66.7 Å². The van der Waals surface area contributed by atoms with E-state index in [0.717, 1.165) is 16.5 Å². The number of ether oxygens (including phenoxy) is 2. The van der Waals surface area contributed by atoms with Crippen molar-refractivity contribution < 1.29 is 14.3 Å². The molecule has 0 heterocycles. The summed E-state index contributed by atoms with van der Waals surface area (Å²) >= 11 is 0. The van der Waals surface area contributed by atoms with Crippen molar-refractivity contribution in [2.24, 2.45) is 0 Å². The highest BCUT2D eigenvalue weighted by Gasteiger charge is 2.19. The normalized spacial score (nSPS) is 11.8. The van der Waals surface area contributed by atoms with Crippen molar-refractivity contribution in [3.8, 4) is 11.5 Å². The van der Waals surface area contributed by atoms with Gasteiger partial charge in [-0.15, -0.1) is 0 Å². The summed E-state index contributed by atoms with van der Waals surface area (Å²) in [5.74, 6) is 1.25. The van der Waals surface area contributed by atoms with Crippen LogP contribution >= 0.6 is 0 Å². The first-order chi connectivity index (χ1) is 12.7. The van der Waals surface area contributed by atoms with Gasteiger partial charge in [-0.25, -0.2) is 0 Å². The van der Waals surface area contributed by atoms with Gasteiger partial charge in [0.1, 0.15) is 11.5 Å². The van der Waals surface area contributed by atoms with Gasteiger partial charge in [-0.2, -0.15) is 0 Å². The molecule has 0 aliphatic rings. The third kappa shape index (κ3) is 4.33. The highest BCUT2D eigenvalue weighted by molar-refractivity contribution is 5.94. The van der Waals surface area contributed by atoms with Crippen LogP contribution in [0.5, 0.6) is 11.5 Å². The van der Waals surface area contributed by atoms with Crippen LogP contribution in [-0.4, -0.2) is 18.6 Å². The van der Waals surface area contributed by atoms with Crippen molar-refractivity contribution >= 4 is 22.4 Å². The van der Waals surface area contributed by atoms with Crippen LogP contribution in [0.25, 0.3) is 10.8 Å². The van der Waals surface area contributed by atoms with Gasteiger partial charge >= 0.3 is 0 Å². The fourth-order valence-corrected chi connectivity index (χ4v) is 2.78. The minimum absolute atomic E-state index is 0.172. The van der Waals surface area contributed by atoms with Gasteiger partial charge in [0, 0.05) is 11.8 Å². The fourth-order valence-electron chi connectivity index (χ4n) is 2.78. The smallest absolute Gasteiger partial charge is 0.265 e. The zero-order valence-corrected chi connectivity index (χ0v) is 15.1. The van der Waals surface area contributed by atoms with Crippen LogP contribution in [0.1, 0.15) is 20.3 Å². The Morgan fingerprint density at radius 3 is 2.50 bits per heavy atom. The highest BCUT2D eigenvalue weighted by atomic mass is 16.5. The Hall–Kier alpha value is -3.01. The van der Waals surface area contributed by atoms with Crippen molar-refractivity contribution in [1.82, 2.24) is 0 Å². The van der Waals surface area contributed by atoms with Crippen molar-refractivity contribution in [3.05, 3.63) is 66.7 Å². The van der Waals surface area contributed by atoms with Gasteiger partial charge < -0.3 is 14.8 Å². The van der Waals surface area contributed by atoms with E-state index in [4.69, 9.17) is 9.47 Å². The van der Waals surface area contributed by atoms with E-state index in [1.165, 1.54) is 0 Å². The number of amides is 1. The number of benzene rings is 3. The Kier molecular flexibility index (Phi) is 5.74. The molecule has 0 radical (unpaired) electrons. The number of carbonyl (C=O) groups excluding carboxylic acids is 1. The minimum atomic E-state index is -0.563. The van der Waals surface area contributed by atoms with Gasteiger partial charge in [-0.05, 0) is 48.4 Å². The molecule has 26 heavy (non-hydrogen) atoms. The zero-order chi connectivity index (χ0) is 18.4. The molecule has 1 amide bonds. The van der Waals surface area contributed by atoms with Gasteiger partial charge in [-0.1, -0.05) is 43.3 Å². The summed E-state index contributed by atoms with van der Waals surface area (Å²) in [6.07, 6.45) is 0.0102. The number of nitrogens with one attached hydrogen (secondary N) is 1. The lowest BCUT2D eigenvalue weighted by atomic mass is 10.1. The molecule has 1 N–H and O–H groups in total. The Morgan fingerprint density at radius 1 is 0.923 bits per heavy atom. The molecule has 0 spiro atoms. The number of hydrogen-bond donors (Lipinski definition) is 1. The first kappa shape index (κ1) is 17.8. The number of carbonyl (C=O) groups is 1. The maximum atomic E-state index is 12.6. The predicted molar refractivity (Wildman–Crippen MR) is 105 cm³/mol. The molecule has 1 atom stereocenters. The van der Waals surface area contributed by atoms with E-state index in [1.807, 2.05) is 74.5 Å². The SMILES string of the molecule is CCOc1cccc(NC(=O)[C@H](CC)Oc2ccc3ccccc3c2)c1. The highest BCUT2D eigenvalue weighted by Crippen LogP contribution is 2.23. The van der Waals surface area contributed by atoms with E-state index in [9.17, 15) is 4.79 Å². The first-order valence-corrected chi connectivity index (χ1v) is 8.88. The molecule has 0 unspecified atom stereocenters. The largest absolute Gasteiger partial charge is 0.494 e. The summed E-state index contributed by atoms with van der Waals surface area (Å²) in [6, 6.07) is 21.3. The maximum absolute atomic E-state index is 12.6. The molecule has 0 saturated heterocycles. The predicted octanol–water partition coefficient (Wildman–Crippen LogP) is 5.03. The van der Waals surface area contributed by atoms with Crippen molar-refractivity contribution in [2.45, 2.75) is 26.4 Å². The molecule has 4 heteroatoms. The molecule has 4 nitrogen and oxygen atoms in total. The molecular weight excluding hydrogens is 326 g/mol. The van der Waals surface area contributed by atoms with Gasteiger partial charge in [0.2, 0.25) is 0 Å². The standard InChI is InChI=1S/C22H23NO3/c1-3-21(22(24)23-18-10-7-11-19(15-18)25-4-2)26-20-13-12-16-8-5-6-9-17(16)14-20/h5-15,21H,3-4H2,1-2H3,(H,23,24)/t21-/m0/s1. The van der Waals surface area contributed by atoms with Crippen LogP contribution in [0.4, 0.5) is 5.69 Å². The van der Waals surface area contributed by atoms with E-state index in [1.54, 1.807) is 0 Å². The Morgan fingerprint density at radius 2 is 1.73 bits per heavy atom. The summed E-state index contributed by atoms with van der Waals surface area (Å²) in [5.41, 5.74) is 0.696. The Labute approximate surface area is 153 Å². The molecule has 0 aromatic heterocycles. The van der Waals surface area contributed by atoms with E-state index in [0.29, 0.717) is 24.5 Å². The summed E-state index contributed by atoms with van der Waals surface area (Å²) in [7, 11) is 0. The maximum Gasteiger partial charge on any atom is 0.265 e. The fraction of sp³-hybridized carbons (Fsp3) is 0.227. The molecule has 3 aromatic rings. The lowest BCUT2D eigenvalue weighted by Crippen LogP contribution is -2.32. The topological polar surface area (TPSA) is 47.6 Å². The number of anilines is 1. The second-order valence-corrected chi connectivity index (χ2v) is 5.97. The monoisotopic (exact) mass is 349 g/mol. The van der Waals surface area contributed by atoms with Crippen LogP contribution in [-0.2, 0) is 4.79 Å². The van der Waals surface area contributed by atoms with Gasteiger partial charge in [0.15, 0.2) is 6.10 Å². The van der Waals surface area contributed by atoms with Crippen molar-refractivity contribution in [2.75, 3.05) is 11.9 Å². The molecule has 0 saturated carbocycles. The summed E-state index contributed by atoms with van der Waals surface area (Å²) in [5, 5.41) is 5.14. The van der Waals surface area contributed by atoms with Gasteiger partial charge in [-0.3, -0.25) is 4.79 Å². The van der Waals surface area contributed by atoms with E-state index >= 15 is 0 Å². The quantitative estimate of drug-likeness (QED) is 0.650. The van der Waals surface area contributed by atoms with Gasteiger partial charge in [0.05, 0.1) is 6.61 Å². The number of hydrogen-bond acceptors (Lipinski definition) is 3. The molecule has 0 aliphatic heterocycles. The van der Waals surface area contributed by atoms with E-state index < -0.39 is 6.10 Å². The van der Waals surface area contributed by atoms with E-state index in [2.05, 4.69) is 11.4 Å². The molecule has 0 aliphatic carbocycles. The lowest BCUT2D eigenvalue weighted by Gasteiger charge is -2.18. The van der Waals surface area contributed by atoms with Crippen molar-refractivity contribution in [1.29, 1.82) is 0 Å². The Bertz CT molecular complexity index is 891. The number of rotatable bonds is 7. The van der Waals surface area contributed by atoms with Crippen LogP contribution in [0.3, 0.4) is 0 Å². The average molecular weight is 349 g/mol. The Balaban J connectivity index is 1.70. The van der Waals surface area contributed by atoms with Crippen LogP contribution in [0.2, 0.25) is 0 Å². The summed E-state index contributed by atoms with van der Waals surface area (Å²) in [4.78, 5) is 12.6. The molecule has 134 valence electrons. The first-order valence-electron chi connectivity index (χ1n) is 8.88. The second-order valence-electron chi connectivity index (χ2n) is 5.97. The molecule has 3 rings (SSSR count). The third-order valence-corrected chi connectivity index (χ3v) is 4.08. The molecular formula is C22H23NO3. The average Bonchev–Trinajstić information content (AvgIpc) is 2.66. The molecule has 0 fully saturated rings. The van der Waals surface area contributed by atoms with Gasteiger partial charge in [0.25, 0.3) is 5.91 Å². The van der Waals surface area contributed by atoms with Crippen molar-refractivity contribution in [3.63, 3.8) is 0 Å². The van der Waals surface area contributed by atoms with Crippen LogP contribution < -0.4 is 14.8 Å². The second kappa shape index (κ2) is 8.39. The third-order valence-electron chi connectivity index (χ3n) is 4.08. The zero-order valence-electron chi connectivity index (χ0n) is 15.1. The molecule has 3 aromatic carbocycles. The summed E-state index contributed by atoms with van der Waals surface area (Å²) < 4.78 is 11.4. The molecule has 0 bridgehead atoms. The number of fused-ring (bicyclic) bond motifs is 1. The summed E-state index contributed by atoms with van der Waals surface area (Å²) in [6.45, 7) is 4.44. The van der Waals surface area contributed by atoms with Crippen LogP contribution in [0, 0.1) is 0 Å². The van der Waals surface area contributed by atoms with E-state index in [-0.39, 0.29) is 5.91 Å².